The van der Waals surface area contributed by atoms with Crippen molar-refractivity contribution >= 4 is 28.6 Å². The van der Waals surface area contributed by atoms with Gasteiger partial charge in [-0.15, -0.1) is 0 Å². The molecule has 0 spiro atoms. The van der Waals surface area contributed by atoms with Crippen molar-refractivity contribution in [3.05, 3.63) is 88.5 Å². The van der Waals surface area contributed by atoms with E-state index in [1.165, 1.54) is 22.3 Å². The summed E-state index contributed by atoms with van der Waals surface area (Å²) in [5, 5.41) is 15.3. The van der Waals surface area contributed by atoms with Crippen LogP contribution in [0.1, 0.15) is 28.7 Å². The third kappa shape index (κ3) is 4.29. The minimum absolute atomic E-state index is 0.376. The number of anilines is 1. The van der Waals surface area contributed by atoms with Crippen LogP contribution in [0.2, 0.25) is 0 Å². The molecule has 1 unspecified atom stereocenters. The van der Waals surface area contributed by atoms with Crippen molar-refractivity contribution in [2.75, 3.05) is 5.32 Å². The Kier molecular flexibility index (Phi) is 5.51. The molecule has 0 amide bonds. The molecule has 2 aliphatic carbocycles. The molecule has 0 aromatic heterocycles. The van der Waals surface area contributed by atoms with E-state index in [1.807, 2.05) is 18.2 Å². The average Bonchev–Trinajstić information content (AvgIpc) is 3.10. The first-order valence-electron chi connectivity index (χ1n) is 9.75. The molecule has 3 nitrogen and oxygen atoms in total. The van der Waals surface area contributed by atoms with Gasteiger partial charge in [0.25, 0.3) is 0 Å². The van der Waals surface area contributed by atoms with Crippen molar-refractivity contribution < 1.29 is 0 Å². The van der Waals surface area contributed by atoms with E-state index in [0.29, 0.717) is 11.9 Å². The Labute approximate surface area is 172 Å². The second kappa shape index (κ2) is 8.21. The Hall–Kier alpha value is -2.56. The lowest BCUT2D eigenvalue weighted by molar-refractivity contribution is 0.533. The molecule has 2 aliphatic rings. The molecule has 0 bridgehead atoms. The van der Waals surface area contributed by atoms with Gasteiger partial charge in [-0.05, 0) is 48.6 Å². The molecule has 0 saturated carbocycles. The van der Waals surface area contributed by atoms with Gasteiger partial charge in [-0.3, -0.25) is 5.41 Å². The minimum Gasteiger partial charge on any atom is -0.340 e. The highest BCUT2D eigenvalue weighted by Crippen LogP contribution is 2.26. The molecular formula is C24H25N3S. The zero-order chi connectivity index (χ0) is 19.5. The summed E-state index contributed by atoms with van der Waals surface area (Å²) in [6.45, 7) is 3.01. The fourth-order valence-corrected chi connectivity index (χ4v) is 4.05. The molecule has 2 aromatic rings. The first-order chi connectivity index (χ1) is 13.6. The molecule has 0 radical (unpaired) electrons. The second-order valence-corrected chi connectivity index (χ2v) is 8.08. The summed E-state index contributed by atoms with van der Waals surface area (Å²) in [7, 11) is 0. The maximum atomic E-state index is 8.35. The van der Waals surface area contributed by atoms with Crippen LogP contribution in [0.25, 0.3) is 0 Å². The Balaban J connectivity index is 1.37. The van der Waals surface area contributed by atoms with Crippen molar-refractivity contribution in [1.29, 1.82) is 5.41 Å². The van der Waals surface area contributed by atoms with Crippen LogP contribution in [0.15, 0.2) is 66.3 Å². The fourth-order valence-electron chi connectivity index (χ4n) is 3.79. The van der Waals surface area contributed by atoms with Crippen LogP contribution in [0.5, 0.6) is 0 Å². The van der Waals surface area contributed by atoms with E-state index in [2.05, 4.69) is 60.0 Å². The Morgan fingerprint density at radius 3 is 2.68 bits per heavy atom. The lowest BCUT2D eigenvalue weighted by atomic mass is 10.0. The number of nitrogens with one attached hydrogen (secondary N) is 3. The number of allylic oxidation sites excluding steroid dienone is 3. The first-order valence-corrected chi connectivity index (χ1v) is 10.2. The SMILES string of the molecule is Cc1ccc(CNC2Cc3ccc(NC(=N)C4=CC=CCC4=S)cc3C2)cc1. The van der Waals surface area contributed by atoms with Crippen LogP contribution in [-0.2, 0) is 19.4 Å². The molecule has 0 heterocycles. The van der Waals surface area contributed by atoms with Gasteiger partial charge in [0.15, 0.2) is 0 Å². The number of aryl methyl sites for hydroxylation is 1. The normalized spacial score (nSPS) is 18.0. The lowest BCUT2D eigenvalue weighted by Gasteiger charge is -2.14. The maximum absolute atomic E-state index is 8.35. The standard InChI is InChI=1S/C24H25N3S/c1-16-6-8-17(9-7-16)15-26-21-12-18-10-11-20(13-19(18)14-21)27-24(25)22-4-2-3-5-23(22)28/h2-4,6-11,13,21,26H,5,12,14-15H2,1H3,(H2,25,27). The van der Waals surface area contributed by atoms with Crippen molar-refractivity contribution in [2.24, 2.45) is 0 Å². The number of rotatable bonds is 5. The van der Waals surface area contributed by atoms with Crippen LogP contribution in [-0.4, -0.2) is 16.7 Å². The van der Waals surface area contributed by atoms with E-state index in [9.17, 15) is 0 Å². The highest BCUT2D eigenvalue weighted by atomic mass is 32.1. The van der Waals surface area contributed by atoms with Gasteiger partial charge in [0.1, 0.15) is 5.84 Å². The van der Waals surface area contributed by atoms with Gasteiger partial charge in [-0.25, -0.2) is 0 Å². The van der Waals surface area contributed by atoms with Gasteiger partial charge in [-0.1, -0.05) is 66.3 Å². The zero-order valence-corrected chi connectivity index (χ0v) is 16.9. The van der Waals surface area contributed by atoms with Crippen LogP contribution in [0, 0.1) is 12.3 Å². The van der Waals surface area contributed by atoms with Crippen LogP contribution < -0.4 is 10.6 Å². The van der Waals surface area contributed by atoms with Gasteiger partial charge in [-0.2, -0.15) is 0 Å². The smallest absolute Gasteiger partial charge is 0.131 e. The predicted octanol–water partition coefficient (Wildman–Crippen LogP) is 4.90. The molecule has 0 fully saturated rings. The van der Waals surface area contributed by atoms with Gasteiger partial charge in [0, 0.05) is 35.1 Å². The monoisotopic (exact) mass is 387 g/mol. The maximum Gasteiger partial charge on any atom is 0.131 e. The largest absolute Gasteiger partial charge is 0.340 e. The topological polar surface area (TPSA) is 47.9 Å². The molecule has 4 rings (SSSR count). The summed E-state index contributed by atoms with van der Waals surface area (Å²) in [6.07, 6.45) is 8.72. The van der Waals surface area contributed by atoms with Crippen LogP contribution in [0.4, 0.5) is 5.69 Å². The quantitative estimate of drug-likeness (QED) is 0.389. The van der Waals surface area contributed by atoms with Crippen LogP contribution >= 0.6 is 12.2 Å². The number of thiocarbonyl (C=S) groups is 1. The molecule has 0 aliphatic heterocycles. The van der Waals surface area contributed by atoms with Gasteiger partial charge < -0.3 is 10.6 Å². The molecule has 28 heavy (non-hydrogen) atoms. The van der Waals surface area contributed by atoms with Gasteiger partial charge in [0.2, 0.25) is 0 Å². The lowest BCUT2D eigenvalue weighted by Crippen LogP contribution is -2.28. The third-order valence-corrected chi connectivity index (χ3v) is 5.78. The number of amidine groups is 1. The summed E-state index contributed by atoms with van der Waals surface area (Å²) < 4.78 is 0. The van der Waals surface area contributed by atoms with Gasteiger partial charge in [0.05, 0.1) is 0 Å². The molecule has 1 atom stereocenters. The van der Waals surface area contributed by atoms with E-state index >= 15 is 0 Å². The summed E-state index contributed by atoms with van der Waals surface area (Å²) >= 11 is 5.38. The highest BCUT2D eigenvalue weighted by Gasteiger charge is 2.21. The summed E-state index contributed by atoms with van der Waals surface area (Å²) in [6, 6.07) is 15.6. The van der Waals surface area contributed by atoms with E-state index < -0.39 is 0 Å². The van der Waals surface area contributed by atoms with E-state index in [0.717, 1.165) is 41.9 Å². The van der Waals surface area contributed by atoms with Gasteiger partial charge >= 0.3 is 0 Å². The Morgan fingerprint density at radius 2 is 1.89 bits per heavy atom. The Morgan fingerprint density at radius 1 is 1.11 bits per heavy atom. The van der Waals surface area contributed by atoms with Crippen molar-refractivity contribution in [3.63, 3.8) is 0 Å². The molecule has 142 valence electrons. The summed E-state index contributed by atoms with van der Waals surface area (Å²) in [4.78, 5) is 0.821. The molecule has 0 saturated heterocycles. The first kappa shape index (κ1) is 18.8. The highest BCUT2D eigenvalue weighted by molar-refractivity contribution is 7.81. The Bertz CT molecular complexity index is 970. The van der Waals surface area contributed by atoms with Crippen LogP contribution in [0.3, 0.4) is 0 Å². The van der Waals surface area contributed by atoms with E-state index in [1.54, 1.807) is 0 Å². The van der Waals surface area contributed by atoms with E-state index in [-0.39, 0.29) is 0 Å². The molecule has 4 heteroatoms. The molecular weight excluding hydrogens is 362 g/mol. The third-order valence-electron chi connectivity index (χ3n) is 5.40. The number of hydrogen-bond acceptors (Lipinski definition) is 3. The number of hydrogen-bond donors (Lipinski definition) is 3. The minimum atomic E-state index is 0.376. The molecule has 3 N–H and O–H groups in total. The van der Waals surface area contributed by atoms with E-state index in [4.69, 9.17) is 17.6 Å². The summed E-state index contributed by atoms with van der Waals surface area (Å²) in [5.74, 6) is 0.376. The van der Waals surface area contributed by atoms with Crippen molar-refractivity contribution in [1.82, 2.24) is 5.32 Å². The number of fused-ring (bicyclic) bond motifs is 1. The average molecular weight is 388 g/mol. The summed E-state index contributed by atoms with van der Waals surface area (Å²) in [5.41, 5.74) is 7.15. The zero-order valence-electron chi connectivity index (χ0n) is 16.1. The fraction of sp³-hybridized carbons (Fsp3) is 0.250. The second-order valence-electron chi connectivity index (χ2n) is 7.59. The van der Waals surface area contributed by atoms with Crippen molar-refractivity contribution in [2.45, 2.75) is 38.8 Å². The van der Waals surface area contributed by atoms with Crippen molar-refractivity contribution in [3.8, 4) is 0 Å². The number of benzene rings is 2. The molecule has 2 aromatic carbocycles. The predicted molar refractivity (Wildman–Crippen MR) is 121 cm³/mol.